The SMILES string of the molecule is C[SiH](C)[Zr+2]([C]1=C([Si](C)(C)C)C=CC1)[C]1=C([Si](C)(C)C)C=CC1.[Cl-].[Cl-]. The molecule has 0 unspecified atom stereocenters. The minimum atomic E-state index is -1.59. The van der Waals surface area contributed by atoms with Gasteiger partial charge < -0.3 is 24.8 Å². The van der Waals surface area contributed by atoms with E-state index in [1.54, 1.807) is 0 Å². The summed E-state index contributed by atoms with van der Waals surface area (Å²) < 4.78 is 4.02. The molecule has 0 radical (unpaired) electrons. The van der Waals surface area contributed by atoms with Crippen LogP contribution in [-0.2, 0) is 20.9 Å². The van der Waals surface area contributed by atoms with Crippen molar-refractivity contribution in [3.8, 4) is 0 Å². The van der Waals surface area contributed by atoms with Crippen molar-refractivity contribution < 1.29 is 45.7 Å². The van der Waals surface area contributed by atoms with Gasteiger partial charge in [-0.05, 0) is 0 Å². The summed E-state index contributed by atoms with van der Waals surface area (Å²) in [5.74, 6) is -0.567. The van der Waals surface area contributed by atoms with Gasteiger partial charge in [-0.15, -0.1) is 0 Å². The van der Waals surface area contributed by atoms with Crippen LogP contribution < -0.4 is 24.8 Å². The molecule has 0 spiro atoms. The van der Waals surface area contributed by atoms with Crippen LogP contribution in [-0.4, -0.2) is 22.1 Å². The van der Waals surface area contributed by atoms with Crippen LogP contribution in [0.4, 0.5) is 0 Å². The van der Waals surface area contributed by atoms with Crippen molar-refractivity contribution in [2.75, 3.05) is 0 Å². The first-order chi connectivity index (χ1) is 10.0. The van der Waals surface area contributed by atoms with E-state index in [4.69, 9.17) is 0 Å². The zero-order chi connectivity index (χ0) is 16.7. The molecule has 0 amide bonds. The molecular formula is C18H33Cl2Si3Zr. The zero-order valence-electron chi connectivity index (χ0n) is 16.6. The van der Waals surface area contributed by atoms with Crippen molar-refractivity contribution in [3.63, 3.8) is 0 Å². The molecule has 135 valence electrons. The standard InChI is InChI=1S/2C8H13Si.C2H7Si.2ClH.Zr/c2*1-9(2,3)8-6-4-5-7-8;1-3-2;;;/h2*4,6H,5H2,1-3H3;3H,1-2H3;2*1H;/q;;;;;+2/p-2. The fraction of sp³-hybridized carbons (Fsp3) is 0.556. The normalized spacial score (nSPS) is 17.5. The molecule has 6 heteroatoms. The molecule has 24 heavy (non-hydrogen) atoms. The molecule has 2 rings (SSSR count). The summed E-state index contributed by atoms with van der Waals surface area (Å²) in [6.45, 7) is 20.6. The molecule has 0 saturated carbocycles. The summed E-state index contributed by atoms with van der Waals surface area (Å²) in [7, 11) is -2.36. The molecule has 2 aliphatic carbocycles. The molecule has 0 atom stereocenters. The Bertz CT molecular complexity index is 528. The van der Waals surface area contributed by atoms with Gasteiger partial charge in [0.25, 0.3) is 0 Å². The van der Waals surface area contributed by atoms with Crippen LogP contribution in [0.1, 0.15) is 12.8 Å². The van der Waals surface area contributed by atoms with Crippen LogP contribution >= 0.6 is 0 Å². The van der Waals surface area contributed by atoms with Crippen molar-refractivity contribution in [3.05, 3.63) is 41.3 Å². The Morgan fingerprint density at radius 2 is 1.08 bits per heavy atom. The van der Waals surface area contributed by atoms with Crippen LogP contribution in [0.25, 0.3) is 0 Å². The van der Waals surface area contributed by atoms with E-state index in [0.717, 1.165) is 0 Å². The predicted molar refractivity (Wildman–Crippen MR) is 107 cm³/mol. The average Bonchev–Trinajstić information content (AvgIpc) is 2.95. The van der Waals surface area contributed by atoms with E-state index in [2.05, 4.69) is 76.7 Å². The Morgan fingerprint density at radius 3 is 1.33 bits per heavy atom. The number of rotatable bonds is 5. The number of allylic oxidation sites excluding steroid dienone is 8. The third-order valence-corrected chi connectivity index (χ3v) is 29.4. The average molecular weight is 496 g/mol. The first-order valence-corrected chi connectivity index (χ1v) is 25.3. The van der Waals surface area contributed by atoms with Crippen molar-refractivity contribution in [2.45, 2.75) is 65.2 Å². The smallest absolute Gasteiger partial charge is 1.00 e. The number of hydrogen-bond acceptors (Lipinski definition) is 0. The molecular weight excluding hydrogens is 463 g/mol. The summed E-state index contributed by atoms with van der Waals surface area (Å²) in [6, 6.07) is 0. The molecule has 0 aromatic carbocycles. The Kier molecular flexibility index (Phi) is 9.74. The number of halogens is 2. The predicted octanol–water partition coefficient (Wildman–Crippen LogP) is -0.221. The summed E-state index contributed by atoms with van der Waals surface area (Å²) in [5, 5.41) is 3.69. The number of hydrogen-bond donors (Lipinski definition) is 0. The summed E-state index contributed by atoms with van der Waals surface area (Å²) in [5.41, 5.74) is 0. The van der Waals surface area contributed by atoms with Crippen molar-refractivity contribution in [1.82, 2.24) is 0 Å². The van der Waals surface area contributed by atoms with Gasteiger partial charge in [0.15, 0.2) is 0 Å². The fourth-order valence-corrected chi connectivity index (χ4v) is 35.2. The van der Waals surface area contributed by atoms with E-state index in [1.165, 1.54) is 12.8 Å². The fourth-order valence-electron chi connectivity index (χ4n) is 3.80. The van der Waals surface area contributed by atoms with Gasteiger partial charge in [-0.3, -0.25) is 0 Å². The minimum Gasteiger partial charge on any atom is -1.00 e. The van der Waals surface area contributed by atoms with E-state index in [9.17, 15) is 0 Å². The van der Waals surface area contributed by atoms with Gasteiger partial charge in [0.1, 0.15) is 0 Å². The maximum atomic E-state index is 2.65. The van der Waals surface area contributed by atoms with Crippen LogP contribution in [0.5, 0.6) is 0 Å². The Morgan fingerprint density at radius 1 is 0.750 bits per heavy atom. The summed E-state index contributed by atoms with van der Waals surface area (Å²) >= 11 is -1.59. The van der Waals surface area contributed by atoms with Gasteiger partial charge in [-0.25, -0.2) is 0 Å². The van der Waals surface area contributed by atoms with Gasteiger partial charge in [0.05, 0.1) is 0 Å². The van der Waals surface area contributed by atoms with Gasteiger partial charge in [0.2, 0.25) is 0 Å². The van der Waals surface area contributed by atoms with Crippen LogP contribution in [0.2, 0.25) is 52.4 Å². The third kappa shape index (κ3) is 5.53. The molecule has 0 aliphatic heterocycles. The summed E-state index contributed by atoms with van der Waals surface area (Å²) in [6.07, 6.45) is 12.6. The van der Waals surface area contributed by atoms with Gasteiger partial charge in [-0.2, -0.15) is 0 Å². The quantitative estimate of drug-likeness (QED) is 0.463. The van der Waals surface area contributed by atoms with Gasteiger partial charge >= 0.3 is 149 Å². The van der Waals surface area contributed by atoms with E-state index in [-0.39, 0.29) is 24.8 Å². The van der Waals surface area contributed by atoms with E-state index in [1.807, 2.05) is 17.0 Å². The van der Waals surface area contributed by atoms with E-state index >= 15 is 0 Å². The van der Waals surface area contributed by atoms with Gasteiger partial charge in [0, 0.05) is 0 Å². The maximum Gasteiger partial charge on any atom is -1.00 e. The molecule has 0 fully saturated rings. The molecule has 2 aliphatic rings. The molecule has 0 bridgehead atoms. The largest absolute Gasteiger partial charge is 1.00 e. The van der Waals surface area contributed by atoms with Crippen molar-refractivity contribution in [2.24, 2.45) is 0 Å². The second-order valence-electron chi connectivity index (χ2n) is 9.07. The second kappa shape index (κ2) is 9.32. The van der Waals surface area contributed by atoms with Gasteiger partial charge in [-0.1, -0.05) is 0 Å². The molecule has 0 heterocycles. The van der Waals surface area contributed by atoms with Crippen molar-refractivity contribution in [1.29, 1.82) is 0 Å². The van der Waals surface area contributed by atoms with E-state index < -0.39 is 43.0 Å². The van der Waals surface area contributed by atoms with Crippen LogP contribution in [0, 0.1) is 0 Å². The molecule has 0 saturated heterocycles. The summed E-state index contributed by atoms with van der Waals surface area (Å²) in [4.78, 5) is 0. The van der Waals surface area contributed by atoms with Crippen LogP contribution in [0.15, 0.2) is 41.3 Å². The molecule has 0 aromatic heterocycles. The molecule has 0 aromatic rings. The Labute approximate surface area is 173 Å². The van der Waals surface area contributed by atoms with E-state index in [0.29, 0.717) is 0 Å². The first-order valence-electron chi connectivity index (χ1n) is 8.71. The second-order valence-corrected chi connectivity index (χ2v) is 38.4. The molecule has 0 N–H and O–H groups in total. The Balaban J connectivity index is 0.00000264. The third-order valence-electron chi connectivity index (χ3n) is 4.71. The molecule has 0 nitrogen and oxygen atoms in total. The van der Waals surface area contributed by atoms with Crippen molar-refractivity contribution >= 4 is 22.1 Å². The monoisotopic (exact) mass is 493 g/mol. The first kappa shape index (κ1) is 25.1. The zero-order valence-corrected chi connectivity index (χ0v) is 23.7. The minimum absolute atomic E-state index is 0. The Hall–Kier alpha value is 1.07. The topological polar surface area (TPSA) is 0 Å². The maximum absolute atomic E-state index is 2.65. The van der Waals surface area contributed by atoms with Crippen LogP contribution in [0.3, 0.4) is 0 Å².